The molecule has 0 bridgehead atoms. The zero-order chi connectivity index (χ0) is 10.7. The molecule has 5 nitrogen and oxygen atoms in total. The summed E-state index contributed by atoms with van der Waals surface area (Å²) in [5.74, 6) is -0.514. The van der Waals surface area contributed by atoms with E-state index in [9.17, 15) is 4.79 Å². The molecular weight excluding hydrogens is 180 g/mol. The third-order valence-electron chi connectivity index (χ3n) is 2.45. The summed E-state index contributed by atoms with van der Waals surface area (Å²) in [6.07, 6.45) is 1.94. The maximum atomic E-state index is 10.9. The fraction of sp³-hybridized carbons (Fsp3) is 0.667. The van der Waals surface area contributed by atoms with Crippen molar-refractivity contribution in [2.75, 3.05) is 0 Å². The summed E-state index contributed by atoms with van der Waals surface area (Å²) in [5.41, 5.74) is 6.19. The smallest absolute Gasteiger partial charge is 0.271 e. The Morgan fingerprint density at radius 2 is 2.07 bits per heavy atom. The number of nitrogens with two attached hydrogens (primary N) is 1. The number of nitrogens with zero attached hydrogens (tertiary/aromatic N) is 3. The molecule has 1 amide bonds. The van der Waals surface area contributed by atoms with Crippen LogP contribution in [0.4, 0.5) is 0 Å². The van der Waals surface area contributed by atoms with Crippen LogP contribution in [0.3, 0.4) is 0 Å². The maximum absolute atomic E-state index is 10.9. The van der Waals surface area contributed by atoms with Gasteiger partial charge in [-0.25, -0.2) is 4.68 Å². The van der Waals surface area contributed by atoms with E-state index in [2.05, 4.69) is 24.2 Å². The first-order valence-corrected chi connectivity index (χ1v) is 4.83. The Kier molecular flexibility index (Phi) is 3.22. The standard InChI is InChI=1S/C9H16N4O/c1-4-7(5-2)13-6(3)8(9(10)14)11-12-13/h7H,4-5H2,1-3H3,(H2,10,14). The van der Waals surface area contributed by atoms with Gasteiger partial charge in [-0.15, -0.1) is 5.10 Å². The van der Waals surface area contributed by atoms with Crippen molar-refractivity contribution in [2.24, 2.45) is 5.73 Å². The normalized spacial score (nSPS) is 10.9. The Balaban J connectivity index is 3.05. The molecule has 5 heteroatoms. The van der Waals surface area contributed by atoms with E-state index in [4.69, 9.17) is 5.73 Å². The van der Waals surface area contributed by atoms with Crippen molar-refractivity contribution in [1.82, 2.24) is 15.0 Å². The molecule has 0 saturated carbocycles. The molecule has 0 atom stereocenters. The van der Waals surface area contributed by atoms with Crippen molar-refractivity contribution in [1.29, 1.82) is 0 Å². The first kappa shape index (κ1) is 10.7. The van der Waals surface area contributed by atoms with E-state index in [1.807, 2.05) is 6.92 Å². The van der Waals surface area contributed by atoms with Crippen LogP contribution in [-0.4, -0.2) is 20.9 Å². The first-order chi connectivity index (χ1) is 6.61. The van der Waals surface area contributed by atoms with Crippen LogP contribution in [0, 0.1) is 6.92 Å². The fourth-order valence-electron chi connectivity index (χ4n) is 1.55. The molecule has 0 fully saturated rings. The highest BCUT2D eigenvalue weighted by atomic mass is 16.1. The molecule has 1 aromatic heterocycles. The van der Waals surface area contributed by atoms with Gasteiger partial charge in [0.15, 0.2) is 5.69 Å². The molecule has 2 N–H and O–H groups in total. The topological polar surface area (TPSA) is 73.8 Å². The Labute approximate surface area is 83.3 Å². The molecule has 0 aliphatic rings. The Morgan fingerprint density at radius 1 is 1.50 bits per heavy atom. The summed E-state index contributed by atoms with van der Waals surface area (Å²) < 4.78 is 1.78. The van der Waals surface area contributed by atoms with Crippen LogP contribution in [0.1, 0.15) is 48.9 Å². The van der Waals surface area contributed by atoms with E-state index in [0.29, 0.717) is 6.04 Å². The van der Waals surface area contributed by atoms with Crippen molar-refractivity contribution < 1.29 is 4.79 Å². The van der Waals surface area contributed by atoms with Crippen LogP contribution >= 0.6 is 0 Å². The van der Waals surface area contributed by atoms with Gasteiger partial charge in [0.2, 0.25) is 0 Å². The van der Waals surface area contributed by atoms with E-state index in [-0.39, 0.29) is 5.69 Å². The summed E-state index contributed by atoms with van der Waals surface area (Å²) >= 11 is 0. The molecule has 0 aliphatic carbocycles. The Morgan fingerprint density at radius 3 is 2.43 bits per heavy atom. The second kappa shape index (κ2) is 4.21. The quantitative estimate of drug-likeness (QED) is 0.782. The molecule has 0 spiro atoms. The van der Waals surface area contributed by atoms with Crippen molar-refractivity contribution in [3.8, 4) is 0 Å². The van der Waals surface area contributed by atoms with Crippen molar-refractivity contribution >= 4 is 5.91 Å². The highest BCUT2D eigenvalue weighted by Crippen LogP contribution is 2.17. The molecule has 0 aliphatic heterocycles. The second-order valence-electron chi connectivity index (χ2n) is 3.30. The number of hydrogen-bond acceptors (Lipinski definition) is 3. The summed E-state index contributed by atoms with van der Waals surface area (Å²) in [5, 5.41) is 7.72. The molecule has 0 unspecified atom stereocenters. The van der Waals surface area contributed by atoms with Gasteiger partial charge in [-0.05, 0) is 19.8 Å². The number of carbonyl (C=O) groups excluding carboxylic acids is 1. The minimum atomic E-state index is -0.514. The van der Waals surface area contributed by atoms with Gasteiger partial charge in [-0.3, -0.25) is 4.79 Å². The lowest BCUT2D eigenvalue weighted by molar-refractivity contribution is 0.0995. The number of carbonyl (C=O) groups is 1. The molecule has 14 heavy (non-hydrogen) atoms. The van der Waals surface area contributed by atoms with Gasteiger partial charge in [0, 0.05) is 0 Å². The second-order valence-corrected chi connectivity index (χ2v) is 3.30. The van der Waals surface area contributed by atoms with Crippen LogP contribution in [0.15, 0.2) is 0 Å². The van der Waals surface area contributed by atoms with Gasteiger partial charge in [0.1, 0.15) is 0 Å². The van der Waals surface area contributed by atoms with Crippen molar-refractivity contribution in [3.05, 3.63) is 11.4 Å². The number of hydrogen-bond donors (Lipinski definition) is 1. The van der Waals surface area contributed by atoms with Crippen LogP contribution in [0.5, 0.6) is 0 Å². The van der Waals surface area contributed by atoms with E-state index in [1.165, 1.54) is 0 Å². The Bertz CT molecular complexity index is 328. The van der Waals surface area contributed by atoms with Crippen LogP contribution < -0.4 is 5.73 Å². The minimum Gasteiger partial charge on any atom is -0.364 e. The average Bonchev–Trinajstić information content (AvgIpc) is 2.51. The summed E-state index contributed by atoms with van der Waals surface area (Å²) in [7, 11) is 0. The summed E-state index contributed by atoms with van der Waals surface area (Å²) in [6.45, 7) is 5.98. The molecule has 1 heterocycles. The lowest BCUT2D eigenvalue weighted by Gasteiger charge is -2.13. The highest BCUT2D eigenvalue weighted by molar-refractivity contribution is 5.91. The zero-order valence-corrected chi connectivity index (χ0v) is 8.82. The molecule has 1 aromatic rings. The van der Waals surface area contributed by atoms with Gasteiger partial charge >= 0.3 is 0 Å². The lowest BCUT2D eigenvalue weighted by atomic mass is 10.1. The number of aromatic nitrogens is 3. The molecule has 78 valence electrons. The fourth-order valence-corrected chi connectivity index (χ4v) is 1.55. The predicted octanol–water partition coefficient (Wildman–Crippen LogP) is 1.05. The third kappa shape index (κ3) is 1.76. The van der Waals surface area contributed by atoms with Gasteiger partial charge < -0.3 is 5.73 Å². The summed E-state index contributed by atoms with van der Waals surface area (Å²) in [4.78, 5) is 10.9. The average molecular weight is 196 g/mol. The van der Waals surface area contributed by atoms with Gasteiger partial charge in [0.25, 0.3) is 5.91 Å². The van der Waals surface area contributed by atoms with E-state index in [1.54, 1.807) is 4.68 Å². The third-order valence-corrected chi connectivity index (χ3v) is 2.45. The van der Waals surface area contributed by atoms with Crippen molar-refractivity contribution in [2.45, 2.75) is 39.7 Å². The number of primary amides is 1. The monoisotopic (exact) mass is 196 g/mol. The zero-order valence-electron chi connectivity index (χ0n) is 8.82. The van der Waals surface area contributed by atoms with Gasteiger partial charge in [0.05, 0.1) is 11.7 Å². The molecule has 1 rings (SSSR count). The molecule has 0 saturated heterocycles. The largest absolute Gasteiger partial charge is 0.364 e. The van der Waals surface area contributed by atoms with Crippen LogP contribution in [0.2, 0.25) is 0 Å². The first-order valence-electron chi connectivity index (χ1n) is 4.83. The lowest BCUT2D eigenvalue weighted by Crippen LogP contribution is -2.15. The molecular formula is C9H16N4O. The number of rotatable bonds is 4. The minimum absolute atomic E-state index is 0.275. The molecule has 0 aromatic carbocycles. The maximum Gasteiger partial charge on any atom is 0.271 e. The van der Waals surface area contributed by atoms with Crippen LogP contribution in [0.25, 0.3) is 0 Å². The van der Waals surface area contributed by atoms with E-state index < -0.39 is 5.91 Å². The van der Waals surface area contributed by atoms with E-state index in [0.717, 1.165) is 18.5 Å². The van der Waals surface area contributed by atoms with Crippen molar-refractivity contribution in [3.63, 3.8) is 0 Å². The van der Waals surface area contributed by atoms with Gasteiger partial charge in [-0.1, -0.05) is 19.1 Å². The van der Waals surface area contributed by atoms with Crippen LogP contribution in [-0.2, 0) is 0 Å². The SMILES string of the molecule is CCC(CC)n1nnc(C(N)=O)c1C. The predicted molar refractivity (Wildman–Crippen MR) is 52.9 cm³/mol. The number of amides is 1. The summed E-state index contributed by atoms with van der Waals surface area (Å²) in [6, 6.07) is 0.301. The van der Waals surface area contributed by atoms with E-state index >= 15 is 0 Å². The highest BCUT2D eigenvalue weighted by Gasteiger charge is 2.17. The molecule has 0 radical (unpaired) electrons. The Hall–Kier alpha value is -1.39. The van der Waals surface area contributed by atoms with Gasteiger partial charge in [-0.2, -0.15) is 0 Å².